The molecule has 0 bridgehead atoms. The summed E-state index contributed by atoms with van der Waals surface area (Å²) in [5.41, 5.74) is 2.29. The number of rotatable bonds is 2. The molecular weight excluding hydrogens is 226 g/mol. The van der Waals surface area contributed by atoms with Crippen LogP contribution in [0.4, 0.5) is 0 Å². The summed E-state index contributed by atoms with van der Waals surface area (Å²) < 4.78 is 1.87. The summed E-state index contributed by atoms with van der Waals surface area (Å²) >= 11 is 0. The third-order valence-corrected chi connectivity index (χ3v) is 3.53. The summed E-state index contributed by atoms with van der Waals surface area (Å²) in [7, 11) is 0. The van der Waals surface area contributed by atoms with Crippen molar-refractivity contribution in [3.05, 3.63) is 42.2 Å². The summed E-state index contributed by atoms with van der Waals surface area (Å²) in [6.45, 7) is 2.18. The van der Waals surface area contributed by atoms with Crippen LogP contribution in [0, 0.1) is 0 Å². The van der Waals surface area contributed by atoms with Gasteiger partial charge in [-0.05, 0) is 61.7 Å². The van der Waals surface area contributed by atoms with Crippen LogP contribution in [0.2, 0.25) is 0 Å². The van der Waals surface area contributed by atoms with Crippen molar-refractivity contribution in [3.8, 4) is 11.4 Å². The molecule has 0 atom stereocenters. The molecule has 2 heterocycles. The van der Waals surface area contributed by atoms with Gasteiger partial charge in [0.25, 0.3) is 0 Å². The molecule has 1 fully saturated rings. The number of nitrogens with zero attached hydrogens (tertiary/aromatic N) is 2. The quantitative estimate of drug-likeness (QED) is 0.848. The van der Waals surface area contributed by atoms with Gasteiger partial charge in [0.1, 0.15) is 5.75 Å². The zero-order valence-electron chi connectivity index (χ0n) is 10.2. The predicted octanol–water partition coefficient (Wildman–Crippen LogP) is 2.04. The van der Waals surface area contributed by atoms with Crippen molar-refractivity contribution in [2.24, 2.45) is 0 Å². The minimum atomic E-state index is 0.282. The van der Waals surface area contributed by atoms with Crippen LogP contribution in [0.5, 0.6) is 5.75 Å². The van der Waals surface area contributed by atoms with E-state index in [4.69, 9.17) is 0 Å². The Hall–Kier alpha value is -1.81. The standard InChI is InChI=1S/C14H17N3O/c18-14-3-1-13(2-4-14)17-10-12(9-16-17)11-5-7-15-8-6-11/h1-4,9-11,15,18H,5-8H2. The first-order chi connectivity index (χ1) is 8.83. The van der Waals surface area contributed by atoms with Crippen molar-refractivity contribution in [1.29, 1.82) is 0 Å². The van der Waals surface area contributed by atoms with Crippen LogP contribution in [0.15, 0.2) is 36.7 Å². The van der Waals surface area contributed by atoms with E-state index in [1.54, 1.807) is 12.1 Å². The molecule has 3 rings (SSSR count). The molecule has 1 aliphatic rings. The van der Waals surface area contributed by atoms with Crippen LogP contribution in [0.25, 0.3) is 5.69 Å². The first kappa shape index (κ1) is 11.3. The van der Waals surface area contributed by atoms with Gasteiger partial charge in [0, 0.05) is 6.20 Å². The summed E-state index contributed by atoms with van der Waals surface area (Å²) in [5.74, 6) is 0.904. The summed E-state index contributed by atoms with van der Waals surface area (Å²) in [6, 6.07) is 7.10. The molecule has 0 spiro atoms. The zero-order chi connectivity index (χ0) is 12.4. The second kappa shape index (κ2) is 4.82. The molecule has 18 heavy (non-hydrogen) atoms. The Labute approximate surface area is 106 Å². The van der Waals surface area contributed by atoms with Crippen LogP contribution in [0.1, 0.15) is 24.3 Å². The Balaban J connectivity index is 1.82. The second-order valence-electron chi connectivity index (χ2n) is 4.76. The molecule has 4 nitrogen and oxygen atoms in total. The number of piperidine rings is 1. The lowest BCUT2D eigenvalue weighted by atomic mass is 9.93. The molecule has 0 amide bonds. The maximum Gasteiger partial charge on any atom is 0.115 e. The van der Waals surface area contributed by atoms with Crippen molar-refractivity contribution in [2.75, 3.05) is 13.1 Å². The lowest BCUT2D eigenvalue weighted by Gasteiger charge is -2.21. The van der Waals surface area contributed by atoms with Gasteiger partial charge >= 0.3 is 0 Å². The smallest absolute Gasteiger partial charge is 0.115 e. The molecular formula is C14H17N3O. The summed E-state index contributed by atoms with van der Waals surface area (Å²) in [4.78, 5) is 0. The Morgan fingerprint density at radius 2 is 1.89 bits per heavy atom. The number of hydrogen-bond acceptors (Lipinski definition) is 3. The maximum atomic E-state index is 9.28. The first-order valence-corrected chi connectivity index (χ1v) is 6.37. The second-order valence-corrected chi connectivity index (χ2v) is 4.76. The monoisotopic (exact) mass is 243 g/mol. The summed E-state index contributed by atoms with van der Waals surface area (Å²) in [5, 5.41) is 17.1. The van der Waals surface area contributed by atoms with Gasteiger partial charge in [-0.15, -0.1) is 0 Å². The number of hydrogen-bond donors (Lipinski definition) is 2. The molecule has 94 valence electrons. The van der Waals surface area contributed by atoms with E-state index in [0.29, 0.717) is 5.92 Å². The molecule has 0 saturated carbocycles. The van der Waals surface area contributed by atoms with Gasteiger partial charge in [-0.2, -0.15) is 5.10 Å². The largest absolute Gasteiger partial charge is 0.508 e. The molecule has 2 N–H and O–H groups in total. The molecule has 1 aromatic carbocycles. The Morgan fingerprint density at radius 3 is 2.61 bits per heavy atom. The van der Waals surface area contributed by atoms with Gasteiger partial charge in [-0.1, -0.05) is 0 Å². The lowest BCUT2D eigenvalue weighted by Crippen LogP contribution is -2.26. The van der Waals surface area contributed by atoms with Crippen LogP contribution in [0.3, 0.4) is 0 Å². The number of phenols is 1. The molecule has 0 aliphatic carbocycles. The van der Waals surface area contributed by atoms with Crippen molar-refractivity contribution in [3.63, 3.8) is 0 Å². The fourth-order valence-corrected chi connectivity index (χ4v) is 2.45. The molecule has 1 saturated heterocycles. The number of nitrogens with one attached hydrogen (secondary N) is 1. The molecule has 0 radical (unpaired) electrons. The molecule has 2 aromatic rings. The fraction of sp³-hybridized carbons (Fsp3) is 0.357. The van der Waals surface area contributed by atoms with Crippen LogP contribution in [-0.4, -0.2) is 28.0 Å². The van der Waals surface area contributed by atoms with Gasteiger partial charge in [0.05, 0.1) is 11.9 Å². The number of aromatic nitrogens is 2. The Bertz CT molecular complexity index is 512. The summed E-state index contributed by atoms with van der Waals surface area (Å²) in [6.07, 6.45) is 6.42. The normalized spacial score (nSPS) is 16.9. The number of aromatic hydroxyl groups is 1. The van der Waals surface area contributed by atoms with Crippen molar-refractivity contribution in [1.82, 2.24) is 15.1 Å². The third kappa shape index (κ3) is 2.24. The SMILES string of the molecule is Oc1ccc(-n2cc(C3CCNCC3)cn2)cc1. The van der Waals surface area contributed by atoms with E-state index in [-0.39, 0.29) is 5.75 Å². The van der Waals surface area contributed by atoms with E-state index in [1.165, 1.54) is 18.4 Å². The molecule has 0 unspecified atom stereocenters. The van der Waals surface area contributed by atoms with Crippen LogP contribution >= 0.6 is 0 Å². The third-order valence-electron chi connectivity index (χ3n) is 3.53. The average molecular weight is 243 g/mol. The first-order valence-electron chi connectivity index (χ1n) is 6.37. The van der Waals surface area contributed by atoms with E-state index in [1.807, 2.05) is 23.0 Å². The zero-order valence-corrected chi connectivity index (χ0v) is 10.2. The van der Waals surface area contributed by atoms with Crippen LogP contribution < -0.4 is 5.32 Å². The highest BCUT2D eigenvalue weighted by molar-refractivity contribution is 5.36. The van der Waals surface area contributed by atoms with Gasteiger partial charge in [-0.3, -0.25) is 0 Å². The lowest BCUT2D eigenvalue weighted by molar-refractivity contribution is 0.460. The van der Waals surface area contributed by atoms with Gasteiger partial charge in [-0.25, -0.2) is 4.68 Å². The highest BCUT2D eigenvalue weighted by Crippen LogP contribution is 2.25. The van der Waals surface area contributed by atoms with E-state index in [2.05, 4.69) is 16.6 Å². The average Bonchev–Trinajstić information content (AvgIpc) is 2.90. The predicted molar refractivity (Wildman–Crippen MR) is 70.1 cm³/mol. The Kier molecular flexibility index (Phi) is 3.02. The molecule has 1 aromatic heterocycles. The van der Waals surface area contributed by atoms with Crippen LogP contribution in [-0.2, 0) is 0 Å². The van der Waals surface area contributed by atoms with E-state index >= 15 is 0 Å². The van der Waals surface area contributed by atoms with Gasteiger partial charge in [0.2, 0.25) is 0 Å². The van der Waals surface area contributed by atoms with Crippen molar-refractivity contribution in [2.45, 2.75) is 18.8 Å². The van der Waals surface area contributed by atoms with E-state index < -0.39 is 0 Å². The van der Waals surface area contributed by atoms with E-state index in [9.17, 15) is 5.11 Å². The van der Waals surface area contributed by atoms with Crippen molar-refractivity contribution < 1.29 is 5.11 Å². The maximum absolute atomic E-state index is 9.28. The molecule has 4 heteroatoms. The Morgan fingerprint density at radius 1 is 1.17 bits per heavy atom. The molecule has 1 aliphatic heterocycles. The fourth-order valence-electron chi connectivity index (χ4n) is 2.45. The van der Waals surface area contributed by atoms with Crippen molar-refractivity contribution >= 4 is 0 Å². The minimum absolute atomic E-state index is 0.282. The van der Waals surface area contributed by atoms with E-state index in [0.717, 1.165) is 18.8 Å². The number of benzene rings is 1. The topological polar surface area (TPSA) is 50.1 Å². The number of phenolic OH excluding ortho intramolecular Hbond substituents is 1. The highest BCUT2D eigenvalue weighted by Gasteiger charge is 2.16. The minimum Gasteiger partial charge on any atom is -0.508 e. The highest BCUT2D eigenvalue weighted by atomic mass is 16.3. The van der Waals surface area contributed by atoms with Gasteiger partial charge < -0.3 is 10.4 Å². The van der Waals surface area contributed by atoms with Gasteiger partial charge in [0.15, 0.2) is 0 Å².